The van der Waals surface area contributed by atoms with Crippen molar-refractivity contribution in [2.45, 2.75) is 37.5 Å². The molecular weight excluding hydrogens is 256 g/mol. The van der Waals surface area contributed by atoms with Gasteiger partial charge < -0.3 is 5.32 Å². The average Bonchev–Trinajstić information content (AvgIpc) is 3.03. The molecule has 0 aromatic carbocycles. The summed E-state index contributed by atoms with van der Waals surface area (Å²) >= 11 is 1.74. The molecule has 0 aliphatic carbocycles. The van der Waals surface area contributed by atoms with E-state index in [1.165, 1.54) is 31.5 Å². The lowest BCUT2D eigenvalue weighted by Gasteiger charge is -2.22. The Kier molecular flexibility index (Phi) is 4.35. The van der Waals surface area contributed by atoms with Crippen LogP contribution < -0.4 is 5.32 Å². The first-order chi connectivity index (χ1) is 9.36. The van der Waals surface area contributed by atoms with Crippen LogP contribution in [0.1, 0.15) is 25.3 Å². The zero-order chi connectivity index (χ0) is 13.1. The molecule has 0 radical (unpaired) electrons. The van der Waals surface area contributed by atoms with Gasteiger partial charge in [0.2, 0.25) is 0 Å². The quantitative estimate of drug-likeness (QED) is 0.657. The van der Waals surface area contributed by atoms with E-state index in [9.17, 15) is 0 Å². The first-order valence-corrected chi connectivity index (χ1v) is 8.24. The van der Waals surface area contributed by atoms with Crippen LogP contribution >= 0.6 is 11.8 Å². The Hall–Kier alpha value is -0.650. The minimum Gasteiger partial charge on any atom is -0.315 e. The summed E-state index contributed by atoms with van der Waals surface area (Å²) in [7, 11) is 0. The van der Waals surface area contributed by atoms with Crippen LogP contribution in [-0.2, 0) is 6.54 Å². The molecular formula is C14H22N4S. The summed E-state index contributed by atoms with van der Waals surface area (Å²) in [4.78, 5) is 11.5. The van der Waals surface area contributed by atoms with Crippen molar-refractivity contribution in [2.24, 2.45) is 5.92 Å². The lowest BCUT2D eigenvalue weighted by molar-refractivity contribution is 0.243. The first-order valence-electron chi connectivity index (χ1n) is 7.25. The van der Waals surface area contributed by atoms with E-state index in [0.29, 0.717) is 0 Å². The molecule has 5 heteroatoms. The zero-order valence-corrected chi connectivity index (χ0v) is 12.3. The van der Waals surface area contributed by atoms with E-state index >= 15 is 0 Å². The summed E-state index contributed by atoms with van der Waals surface area (Å²) in [6.45, 7) is 6.76. The van der Waals surface area contributed by atoms with E-state index < -0.39 is 0 Å². The highest BCUT2D eigenvalue weighted by molar-refractivity contribution is 7.99. The number of hydrogen-bond acceptors (Lipinski definition) is 5. The van der Waals surface area contributed by atoms with Gasteiger partial charge >= 0.3 is 0 Å². The molecule has 0 amide bonds. The molecule has 2 atom stereocenters. The summed E-state index contributed by atoms with van der Waals surface area (Å²) < 4.78 is 0. The number of rotatable bonds is 5. The SMILES string of the molecule is CCCSc1ncc(CN2CC[C@@H]3CNC[C@@H]32)cn1. The Morgan fingerprint density at radius 3 is 3.00 bits per heavy atom. The van der Waals surface area contributed by atoms with E-state index in [2.05, 4.69) is 27.1 Å². The van der Waals surface area contributed by atoms with Gasteiger partial charge in [-0.05, 0) is 31.8 Å². The van der Waals surface area contributed by atoms with E-state index in [4.69, 9.17) is 0 Å². The molecule has 2 aliphatic heterocycles. The van der Waals surface area contributed by atoms with Crippen LogP contribution in [0.25, 0.3) is 0 Å². The third-order valence-electron chi connectivity index (χ3n) is 4.06. The van der Waals surface area contributed by atoms with E-state index in [0.717, 1.165) is 36.0 Å². The van der Waals surface area contributed by atoms with E-state index in [1.807, 2.05) is 12.4 Å². The number of aromatic nitrogens is 2. The first kappa shape index (κ1) is 13.3. The monoisotopic (exact) mass is 278 g/mol. The van der Waals surface area contributed by atoms with E-state index in [1.54, 1.807) is 11.8 Å². The molecule has 0 unspecified atom stereocenters. The van der Waals surface area contributed by atoms with Crippen molar-refractivity contribution in [3.63, 3.8) is 0 Å². The Bertz CT molecular complexity index is 408. The predicted octanol–water partition coefficient (Wildman–Crippen LogP) is 1.77. The van der Waals surface area contributed by atoms with Crippen molar-refractivity contribution in [1.82, 2.24) is 20.2 Å². The van der Waals surface area contributed by atoms with E-state index in [-0.39, 0.29) is 0 Å². The van der Waals surface area contributed by atoms with Gasteiger partial charge in [-0.15, -0.1) is 0 Å². The molecule has 0 spiro atoms. The lowest BCUT2D eigenvalue weighted by Crippen LogP contribution is -2.33. The van der Waals surface area contributed by atoms with Gasteiger partial charge in [0.1, 0.15) is 0 Å². The largest absolute Gasteiger partial charge is 0.315 e. The molecule has 104 valence electrons. The van der Waals surface area contributed by atoms with Crippen molar-refractivity contribution in [2.75, 3.05) is 25.4 Å². The standard InChI is InChI=1S/C14H22N4S/c1-2-5-19-14-16-6-11(7-17-14)10-18-4-3-12-8-15-9-13(12)18/h6-7,12-13,15H,2-5,8-10H2,1H3/t12-,13+/m1/s1. The molecule has 2 aliphatic rings. The second kappa shape index (κ2) is 6.20. The van der Waals surface area contributed by atoms with Crippen molar-refractivity contribution < 1.29 is 0 Å². The maximum Gasteiger partial charge on any atom is 0.187 e. The Morgan fingerprint density at radius 1 is 1.37 bits per heavy atom. The minimum absolute atomic E-state index is 0.731. The van der Waals surface area contributed by atoms with Crippen LogP contribution in [0.3, 0.4) is 0 Å². The number of hydrogen-bond donors (Lipinski definition) is 1. The topological polar surface area (TPSA) is 41.1 Å². The number of nitrogens with one attached hydrogen (secondary N) is 1. The van der Waals surface area contributed by atoms with Crippen LogP contribution in [0.5, 0.6) is 0 Å². The molecule has 1 N–H and O–H groups in total. The van der Waals surface area contributed by atoms with Crippen LogP contribution in [0.4, 0.5) is 0 Å². The molecule has 3 heterocycles. The minimum atomic E-state index is 0.731. The highest BCUT2D eigenvalue weighted by atomic mass is 32.2. The molecule has 3 rings (SSSR count). The Balaban J connectivity index is 1.57. The number of fused-ring (bicyclic) bond motifs is 1. The summed E-state index contributed by atoms with van der Waals surface area (Å²) in [5.41, 5.74) is 1.24. The summed E-state index contributed by atoms with van der Waals surface area (Å²) in [6.07, 6.45) is 6.50. The summed E-state index contributed by atoms with van der Waals surface area (Å²) in [5.74, 6) is 1.96. The molecule has 1 aromatic heterocycles. The zero-order valence-electron chi connectivity index (χ0n) is 11.5. The molecule has 4 nitrogen and oxygen atoms in total. The van der Waals surface area contributed by atoms with Gasteiger partial charge in [-0.25, -0.2) is 9.97 Å². The van der Waals surface area contributed by atoms with Crippen molar-refractivity contribution in [3.05, 3.63) is 18.0 Å². The van der Waals surface area contributed by atoms with Crippen LogP contribution in [0.15, 0.2) is 17.6 Å². The number of thioether (sulfide) groups is 1. The summed E-state index contributed by atoms with van der Waals surface area (Å²) in [6, 6.07) is 0.731. The van der Waals surface area contributed by atoms with Gasteiger partial charge in [0, 0.05) is 42.8 Å². The Morgan fingerprint density at radius 2 is 2.21 bits per heavy atom. The molecule has 0 saturated carbocycles. The second-order valence-corrected chi connectivity index (χ2v) is 6.53. The third kappa shape index (κ3) is 3.09. The van der Waals surface area contributed by atoms with Crippen molar-refractivity contribution in [1.29, 1.82) is 0 Å². The smallest absolute Gasteiger partial charge is 0.187 e. The van der Waals surface area contributed by atoms with Crippen LogP contribution in [-0.4, -0.2) is 46.3 Å². The highest BCUT2D eigenvalue weighted by Crippen LogP contribution is 2.28. The molecule has 2 saturated heterocycles. The van der Waals surface area contributed by atoms with Gasteiger partial charge in [-0.3, -0.25) is 4.90 Å². The summed E-state index contributed by atoms with van der Waals surface area (Å²) in [5, 5.41) is 4.41. The normalized spacial score (nSPS) is 26.8. The molecule has 2 fully saturated rings. The maximum atomic E-state index is 4.45. The highest BCUT2D eigenvalue weighted by Gasteiger charge is 2.37. The van der Waals surface area contributed by atoms with Gasteiger partial charge in [0.05, 0.1) is 0 Å². The van der Waals surface area contributed by atoms with Crippen molar-refractivity contribution in [3.8, 4) is 0 Å². The maximum absolute atomic E-state index is 4.45. The van der Waals surface area contributed by atoms with Crippen LogP contribution in [0.2, 0.25) is 0 Å². The Labute approximate surface area is 119 Å². The fraction of sp³-hybridized carbons (Fsp3) is 0.714. The molecule has 0 bridgehead atoms. The molecule has 19 heavy (non-hydrogen) atoms. The third-order valence-corrected chi connectivity index (χ3v) is 5.14. The predicted molar refractivity (Wildman–Crippen MR) is 78.2 cm³/mol. The fourth-order valence-electron chi connectivity index (χ4n) is 3.06. The van der Waals surface area contributed by atoms with Gasteiger partial charge in [0.15, 0.2) is 5.16 Å². The van der Waals surface area contributed by atoms with Crippen LogP contribution in [0, 0.1) is 5.92 Å². The molecule has 1 aromatic rings. The van der Waals surface area contributed by atoms with Gasteiger partial charge in [-0.2, -0.15) is 0 Å². The van der Waals surface area contributed by atoms with Crippen molar-refractivity contribution >= 4 is 11.8 Å². The number of likely N-dealkylation sites (tertiary alicyclic amines) is 1. The average molecular weight is 278 g/mol. The van der Waals surface area contributed by atoms with Gasteiger partial charge in [-0.1, -0.05) is 18.7 Å². The lowest BCUT2D eigenvalue weighted by atomic mass is 10.1. The fourth-order valence-corrected chi connectivity index (χ4v) is 3.70. The van der Waals surface area contributed by atoms with Gasteiger partial charge in [0.25, 0.3) is 0 Å². The second-order valence-electron chi connectivity index (χ2n) is 5.47. The number of nitrogens with zero attached hydrogens (tertiary/aromatic N) is 3.